The van der Waals surface area contributed by atoms with Crippen LogP contribution in [-0.4, -0.2) is 121 Å². The van der Waals surface area contributed by atoms with Gasteiger partial charge < -0.3 is 9.47 Å². The number of aryl methyl sites for hydroxylation is 2. The molecule has 1 unspecified atom stereocenters. The summed E-state index contributed by atoms with van der Waals surface area (Å²) in [5.74, 6) is 1.70. The highest BCUT2D eigenvalue weighted by atomic mass is 35.5. The second kappa shape index (κ2) is 14.9. The van der Waals surface area contributed by atoms with Gasteiger partial charge in [0.05, 0.1) is 38.8 Å². The summed E-state index contributed by atoms with van der Waals surface area (Å²) in [4.78, 5) is 14.3. The van der Waals surface area contributed by atoms with Gasteiger partial charge in [0.1, 0.15) is 10.8 Å². The largest absolute Gasteiger partial charge is 0.379 e. The Balaban J connectivity index is 1.23. The van der Waals surface area contributed by atoms with Gasteiger partial charge >= 0.3 is 0 Å². The third-order valence-corrected chi connectivity index (χ3v) is 10.3. The van der Waals surface area contributed by atoms with Crippen LogP contribution in [0.4, 0.5) is 0 Å². The SMILES string of the molecule is Cc1sc2c(c1C)C(c1ccc(Cl)cc1)=NC(NCN(CCCN1CCOCC1)CCCN1CCOCC1)c1nnc(C)n1-2. The highest BCUT2D eigenvalue weighted by molar-refractivity contribution is 7.15. The van der Waals surface area contributed by atoms with E-state index in [1.165, 1.54) is 10.4 Å². The minimum atomic E-state index is -0.345. The lowest BCUT2D eigenvalue weighted by atomic mass is 10.00. The van der Waals surface area contributed by atoms with Gasteiger partial charge in [0.15, 0.2) is 12.0 Å². The molecule has 1 atom stereocenters. The van der Waals surface area contributed by atoms with Gasteiger partial charge in [-0.15, -0.1) is 21.5 Å². The predicted molar refractivity (Wildman–Crippen MR) is 177 cm³/mol. The topological polar surface area (TPSA) is 83.3 Å². The lowest BCUT2D eigenvalue weighted by Crippen LogP contribution is -2.42. The zero-order valence-corrected chi connectivity index (χ0v) is 27.8. The standard InChI is InChI=1S/C32H45ClN8O2S/c1-23-24(2)44-32-28(23)29(26-6-8-27(33)9-7-26)35-30(31-37-36-25(3)41(31)32)34-22-40(12-4-10-38-14-18-42-19-15-38)13-5-11-39-16-20-43-21-17-39/h6-9,30,34H,4-5,10-22H2,1-3H3. The minimum absolute atomic E-state index is 0.345. The molecule has 0 spiro atoms. The zero-order chi connectivity index (χ0) is 30.5. The third kappa shape index (κ3) is 7.42. The van der Waals surface area contributed by atoms with E-state index in [2.05, 4.69) is 60.8 Å². The van der Waals surface area contributed by atoms with Gasteiger partial charge in [-0.05, 0) is 64.4 Å². The van der Waals surface area contributed by atoms with Gasteiger partial charge in [0.2, 0.25) is 0 Å². The van der Waals surface area contributed by atoms with Crippen LogP contribution >= 0.6 is 22.9 Å². The number of hydrogen-bond acceptors (Lipinski definition) is 10. The van der Waals surface area contributed by atoms with Crippen molar-refractivity contribution in [3.8, 4) is 5.00 Å². The predicted octanol–water partition coefficient (Wildman–Crippen LogP) is 4.05. The average Bonchev–Trinajstić information content (AvgIpc) is 3.52. The van der Waals surface area contributed by atoms with Crippen molar-refractivity contribution in [3.63, 3.8) is 0 Å². The van der Waals surface area contributed by atoms with E-state index in [0.717, 1.165) is 125 Å². The number of nitrogens with zero attached hydrogens (tertiary/aromatic N) is 7. The minimum Gasteiger partial charge on any atom is -0.379 e. The molecule has 3 aromatic rings. The van der Waals surface area contributed by atoms with Crippen LogP contribution in [0, 0.1) is 20.8 Å². The zero-order valence-electron chi connectivity index (χ0n) is 26.2. The maximum Gasteiger partial charge on any atom is 0.178 e. The molecule has 6 rings (SSSR count). The summed E-state index contributed by atoms with van der Waals surface area (Å²) in [6.07, 6.45) is 1.89. The number of aliphatic imine (C=N–C) groups is 1. The fraction of sp³-hybridized carbons (Fsp3) is 0.594. The number of fused-ring (bicyclic) bond motifs is 3. The molecule has 1 N–H and O–H groups in total. The van der Waals surface area contributed by atoms with Gasteiger partial charge in [-0.3, -0.25) is 29.6 Å². The van der Waals surface area contributed by atoms with Crippen molar-refractivity contribution in [2.45, 2.75) is 39.8 Å². The Morgan fingerprint density at radius 3 is 2.14 bits per heavy atom. The molecule has 3 aliphatic heterocycles. The summed E-state index contributed by atoms with van der Waals surface area (Å²) >= 11 is 8.07. The molecule has 3 aliphatic rings. The Morgan fingerprint density at radius 2 is 1.52 bits per heavy atom. The highest BCUT2D eigenvalue weighted by Gasteiger charge is 2.31. The van der Waals surface area contributed by atoms with Crippen LogP contribution in [0.1, 0.15) is 52.2 Å². The first-order chi connectivity index (χ1) is 21.5. The van der Waals surface area contributed by atoms with E-state index in [9.17, 15) is 0 Å². The Hall–Kier alpha value is -2.22. The Bertz CT molecular complexity index is 1390. The molecule has 2 saturated heterocycles. The van der Waals surface area contributed by atoms with E-state index >= 15 is 0 Å². The number of hydrogen-bond donors (Lipinski definition) is 1. The van der Waals surface area contributed by atoms with Crippen molar-refractivity contribution in [2.75, 3.05) is 85.5 Å². The molecule has 10 nitrogen and oxygen atoms in total. The van der Waals surface area contributed by atoms with Crippen LogP contribution in [0.3, 0.4) is 0 Å². The maximum absolute atomic E-state index is 6.29. The lowest BCUT2D eigenvalue weighted by Gasteiger charge is -2.30. The Kier molecular flexibility index (Phi) is 10.8. The smallest absolute Gasteiger partial charge is 0.178 e. The molecule has 1 aromatic carbocycles. The number of nitrogens with one attached hydrogen (secondary N) is 1. The summed E-state index contributed by atoms with van der Waals surface area (Å²) in [6, 6.07) is 8.02. The van der Waals surface area contributed by atoms with E-state index in [4.69, 9.17) is 26.1 Å². The van der Waals surface area contributed by atoms with Crippen LogP contribution in [0.25, 0.3) is 5.00 Å². The first-order valence-corrected chi connectivity index (χ1v) is 17.1. The van der Waals surface area contributed by atoms with Crippen molar-refractivity contribution in [3.05, 3.63) is 62.5 Å². The summed E-state index contributed by atoms with van der Waals surface area (Å²) in [7, 11) is 0. The molecule has 0 amide bonds. The summed E-state index contributed by atoms with van der Waals surface area (Å²) in [5, 5.41) is 14.8. The van der Waals surface area contributed by atoms with Gasteiger partial charge in [0.25, 0.3) is 0 Å². The summed E-state index contributed by atoms with van der Waals surface area (Å²) in [5.41, 5.74) is 4.40. The Labute approximate surface area is 270 Å². The number of ether oxygens (including phenoxy) is 2. The summed E-state index contributed by atoms with van der Waals surface area (Å²) < 4.78 is 13.3. The quantitative estimate of drug-likeness (QED) is 0.297. The molecule has 12 heteroatoms. The number of morpholine rings is 2. The van der Waals surface area contributed by atoms with E-state index < -0.39 is 0 Å². The van der Waals surface area contributed by atoms with Crippen LogP contribution in [0.15, 0.2) is 29.3 Å². The lowest BCUT2D eigenvalue weighted by molar-refractivity contribution is 0.0337. The van der Waals surface area contributed by atoms with Gasteiger partial charge in [0, 0.05) is 60.3 Å². The molecule has 0 saturated carbocycles. The van der Waals surface area contributed by atoms with Crippen molar-refractivity contribution >= 4 is 28.6 Å². The van der Waals surface area contributed by atoms with Gasteiger partial charge in [-0.25, -0.2) is 0 Å². The maximum atomic E-state index is 6.29. The fourth-order valence-electron chi connectivity index (χ4n) is 6.24. The molecule has 238 valence electrons. The second-order valence-corrected chi connectivity index (χ2v) is 13.5. The van der Waals surface area contributed by atoms with E-state index in [1.807, 2.05) is 19.1 Å². The molecule has 5 heterocycles. The van der Waals surface area contributed by atoms with Crippen LogP contribution < -0.4 is 5.32 Å². The highest BCUT2D eigenvalue weighted by Crippen LogP contribution is 2.38. The summed E-state index contributed by atoms with van der Waals surface area (Å²) in [6.45, 7) is 18.8. The molecule has 0 radical (unpaired) electrons. The first-order valence-electron chi connectivity index (χ1n) is 15.9. The molecule has 0 bridgehead atoms. The van der Waals surface area contributed by atoms with Crippen molar-refractivity contribution in [2.24, 2.45) is 4.99 Å². The fourth-order valence-corrected chi connectivity index (χ4v) is 7.58. The third-order valence-electron chi connectivity index (χ3n) is 8.89. The number of benzene rings is 1. The number of thiophene rings is 1. The number of halogens is 1. The number of aromatic nitrogens is 3. The number of rotatable bonds is 12. The normalized spacial score (nSPS) is 19.6. The van der Waals surface area contributed by atoms with Crippen molar-refractivity contribution < 1.29 is 9.47 Å². The molecule has 2 fully saturated rings. The average molecular weight is 641 g/mol. The van der Waals surface area contributed by atoms with Crippen molar-refractivity contribution in [1.29, 1.82) is 0 Å². The van der Waals surface area contributed by atoms with Crippen LogP contribution in [-0.2, 0) is 9.47 Å². The van der Waals surface area contributed by atoms with E-state index in [0.29, 0.717) is 11.7 Å². The first kappa shape index (κ1) is 31.7. The monoisotopic (exact) mass is 640 g/mol. The van der Waals surface area contributed by atoms with Gasteiger partial charge in [-0.2, -0.15) is 0 Å². The van der Waals surface area contributed by atoms with E-state index in [-0.39, 0.29) is 6.17 Å². The van der Waals surface area contributed by atoms with Gasteiger partial charge in [-0.1, -0.05) is 23.7 Å². The molecule has 44 heavy (non-hydrogen) atoms. The molecule has 2 aromatic heterocycles. The molecular weight excluding hydrogens is 596 g/mol. The van der Waals surface area contributed by atoms with Crippen molar-refractivity contribution in [1.82, 2.24) is 34.8 Å². The van der Waals surface area contributed by atoms with Crippen LogP contribution in [0.5, 0.6) is 0 Å². The van der Waals surface area contributed by atoms with Crippen LogP contribution in [0.2, 0.25) is 5.02 Å². The second-order valence-electron chi connectivity index (χ2n) is 11.9. The van der Waals surface area contributed by atoms with E-state index in [1.54, 1.807) is 11.3 Å². The Morgan fingerprint density at radius 1 is 0.909 bits per heavy atom. The molecule has 0 aliphatic carbocycles. The molecular formula is C32H45ClN8O2S.